The number of hydrogen-bond acceptors (Lipinski definition) is 4. The molecule has 0 aliphatic rings. The summed E-state index contributed by atoms with van der Waals surface area (Å²) in [5.41, 5.74) is 1.66. The number of carbonyl (C=O) groups excluding carboxylic acids is 1. The van der Waals surface area contributed by atoms with Crippen molar-refractivity contribution in [3.63, 3.8) is 0 Å². The topological polar surface area (TPSA) is 44.1 Å². The van der Waals surface area contributed by atoms with E-state index in [2.05, 4.69) is 10.4 Å². The number of aryl methyl sites for hydroxylation is 1. The van der Waals surface area contributed by atoms with Gasteiger partial charge in [0.2, 0.25) is 0 Å². The molecule has 0 unspecified atom stereocenters. The minimum Gasteiger partial charge on any atom is -0.464 e. The Kier molecular flexibility index (Phi) is 3.05. The number of carbonyl (C=O) groups is 1. The molecule has 2 heterocycles. The second-order valence-electron chi connectivity index (χ2n) is 3.40. The van der Waals surface area contributed by atoms with Crippen LogP contribution in [-0.4, -0.2) is 22.6 Å². The Balaban J connectivity index is 2.32. The minimum absolute atomic E-state index is 0.351. The fourth-order valence-corrected chi connectivity index (χ4v) is 2.16. The first-order chi connectivity index (χ1) is 7.72. The van der Waals surface area contributed by atoms with E-state index < -0.39 is 0 Å². The molecule has 0 saturated heterocycles. The van der Waals surface area contributed by atoms with E-state index in [0.29, 0.717) is 12.2 Å². The van der Waals surface area contributed by atoms with E-state index in [1.807, 2.05) is 22.9 Å². The summed E-state index contributed by atoms with van der Waals surface area (Å²) in [4.78, 5) is 15.6. The van der Waals surface area contributed by atoms with Gasteiger partial charge in [0.15, 0.2) is 0 Å². The van der Waals surface area contributed by atoms with Crippen LogP contribution in [0.15, 0.2) is 23.0 Å². The molecule has 0 fully saturated rings. The lowest BCUT2D eigenvalue weighted by Gasteiger charge is -2.07. The van der Waals surface area contributed by atoms with Gasteiger partial charge in [-0.05, 0) is 29.3 Å². The molecule has 0 aromatic carbocycles. The van der Waals surface area contributed by atoms with E-state index in [-0.39, 0.29) is 5.97 Å². The van der Waals surface area contributed by atoms with Crippen LogP contribution in [0.5, 0.6) is 0 Å². The van der Waals surface area contributed by atoms with Gasteiger partial charge in [0.25, 0.3) is 0 Å². The molecule has 0 amide bonds. The zero-order valence-corrected chi connectivity index (χ0v) is 9.95. The van der Waals surface area contributed by atoms with E-state index in [0.717, 1.165) is 11.4 Å². The van der Waals surface area contributed by atoms with E-state index >= 15 is 0 Å². The molecule has 2 aromatic rings. The summed E-state index contributed by atoms with van der Waals surface area (Å²) < 4.78 is 6.57. The summed E-state index contributed by atoms with van der Waals surface area (Å²) in [7, 11) is 1.37. The van der Waals surface area contributed by atoms with Gasteiger partial charge in [-0.25, -0.2) is 9.78 Å². The first-order valence-corrected chi connectivity index (χ1v) is 5.78. The van der Waals surface area contributed by atoms with Gasteiger partial charge < -0.3 is 9.30 Å². The maximum atomic E-state index is 11.5. The molecule has 4 nitrogen and oxygen atoms in total. The van der Waals surface area contributed by atoms with Crippen LogP contribution in [-0.2, 0) is 11.3 Å². The first kappa shape index (κ1) is 10.9. The molecule has 0 atom stereocenters. The highest BCUT2D eigenvalue weighted by Crippen LogP contribution is 2.13. The fourth-order valence-electron chi connectivity index (χ4n) is 1.50. The van der Waals surface area contributed by atoms with E-state index in [1.165, 1.54) is 7.11 Å². The van der Waals surface area contributed by atoms with Crippen molar-refractivity contribution in [1.29, 1.82) is 0 Å². The second kappa shape index (κ2) is 4.49. The molecule has 84 valence electrons. The Bertz CT molecular complexity index is 488. The normalized spacial score (nSPS) is 10.4. The lowest BCUT2D eigenvalue weighted by molar-refractivity contribution is 0.0588. The summed E-state index contributed by atoms with van der Waals surface area (Å²) in [6.07, 6.45) is 1.55. The summed E-state index contributed by atoms with van der Waals surface area (Å²) in [5.74, 6) is 0.461. The summed E-state index contributed by atoms with van der Waals surface area (Å²) >= 11 is 1.64. The smallest absolute Gasteiger partial charge is 0.356 e. The van der Waals surface area contributed by atoms with Crippen LogP contribution in [0.2, 0.25) is 0 Å². The van der Waals surface area contributed by atoms with Gasteiger partial charge in [0.05, 0.1) is 19.9 Å². The van der Waals surface area contributed by atoms with Crippen molar-refractivity contribution >= 4 is 17.3 Å². The van der Waals surface area contributed by atoms with E-state index in [9.17, 15) is 4.79 Å². The quantitative estimate of drug-likeness (QED) is 0.766. The highest BCUT2D eigenvalue weighted by Gasteiger charge is 2.14. The highest BCUT2D eigenvalue weighted by molar-refractivity contribution is 7.07. The summed E-state index contributed by atoms with van der Waals surface area (Å²) in [6.45, 7) is 2.53. The van der Waals surface area contributed by atoms with Crippen LogP contribution >= 0.6 is 11.3 Å². The highest BCUT2D eigenvalue weighted by atomic mass is 32.1. The fraction of sp³-hybridized carbons (Fsp3) is 0.273. The maximum absolute atomic E-state index is 11.5. The number of aromatic nitrogens is 2. The second-order valence-corrected chi connectivity index (χ2v) is 4.18. The molecule has 0 aliphatic heterocycles. The van der Waals surface area contributed by atoms with E-state index in [1.54, 1.807) is 17.5 Å². The maximum Gasteiger partial charge on any atom is 0.356 e. The van der Waals surface area contributed by atoms with Gasteiger partial charge in [-0.3, -0.25) is 0 Å². The lowest BCUT2D eigenvalue weighted by atomic mass is 10.3. The van der Waals surface area contributed by atoms with Crippen LogP contribution in [0.25, 0.3) is 0 Å². The van der Waals surface area contributed by atoms with Crippen molar-refractivity contribution in [2.75, 3.05) is 7.11 Å². The third kappa shape index (κ3) is 1.99. The molecule has 5 heteroatoms. The van der Waals surface area contributed by atoms with Crippen molar-refractivity contribution in [2.45, 2.75) is 13.5 Å². The number of thiophene rings is 1. The van der Waals surface area contributed by atoms with Crippen molar-refractivity contribution in [2.24, 2.45) is 0 Å². The van der Waals surface area contributed by atoms with Gasteiger partial charge >= 0.3 is 5.97 Å². The predicted molar refractivity (Wildman–Crippen MR) is 61.7 cm³/mol. The van der Waals surface area contributed by atoms with Gasteiger partial charge in [0.1, 0.15) is 11.5 Å². The molecule has 0 saturated carbocycles. The number of esters is 1. The minimum atomic E-state index is -0.351. The van der Waals surface area contributed by atoms with Crippen LogP contribution in [0.1, 0.15) is 21.9 Å². The Morgan fingerprint density at radius 3 is 3.06 bits per heavy atom. The molecule has 16 heavy (non-hydrogen) atoms. The monoisotopic (exact) mass is 236 g/mol. The van der Waals surface area contributed by atoms with Crippen LogP contribution < -0.4 is 0 Å². The molecule has 0 N–H and O–H groups in total. The van der Waals surface area contributed by atoms with Crippen molar-refractivity contribution < 1.29 is 9.53 Å². The van der Waals surface area contributed by atoms with Crippen LogP contribution in [0.3, 0.4) is 0 Å². The summed E-state index contributed by atoms with van der Waals surface area (Å²) in [5, 5.41) is 4.07. The summed E-state index contributed by atoms with van der Waals surface area (Å²) in [6, 6.07) is 2.03. The molecule has 0 bridgehead atoms. The number of imidazole rings is 1. The number of hydrogen-bond donors (Lipinski definition) is 0. The number of methoxy groups -OCH3 is 1. The molecular formula is C11H12N2O2S. The Morgan fingerprint density at radius 1 is 1.62 bits per heavy atom. The average molecular weight is 236 g/mol. The zero-order valence-electron chi connectivity index (χ0n) is 9.14. The Labute approximate surface area is 97.5 Å². The number of ether oxygens (including phenoxy) is 1. The van der Waals surface area contributed by atoms with Gasteiger partial charge in [-0.15, -0.1) is 0 Å². The van der Waals surface area contributed by atoms with Gasteiger partial charge in [0, 0.05) is 0 Å². The van der Waals surface area contributed by atoms with Gasteiger partial charge in [-0.2, -0.15) is 11.3 Å². The molecule has 0 radical (unpaired) electrons. The molecule has 0 aliphatic carbocycles. The van der Waals surface area contributed by atoms with Crippen molar-refractivity contribution in [3.05, 3.63) is 40.1 Å². The molecule has 2 aromatic heterocycles. The van der Waals surface area contributed by atoms with Crippen LogP contribution in [0, 0.1) is 6.92 Å². The van der Waals surface area contributed by atoms with Crippen molar-refractivity contribution in [1.82, 2.24) is 9.55 Å². The Hall–Kier alpha value is -1.62. The largest absolute Gasteiger partial charge is 0.464 e. The standard InChI is InChI=1S/C11H12N2O2S/c1-8-12-5-10(11(14)15-2)13(8)6-9-3-4-16-7-9/h3-5,7H,6H2,1-2H3. The van der Waals surface area contributed by atoms with E-state index in [4.69, 9.17) is 4.74 Å². The molecule has 0 spiro atoms. The predicted octanol–water partition coefficient (Wildman–Crippen LogP) is 2.09. The van der Waals surface area contributed by atoms with Gasteiger partial charge in [-0.1, -0.05) is 0 Å². The average Bonchev–Trinajstić information content (AvgIpc) is 2.90. The lowest BCUT2D eigenvalue weighted by Crippen LogP contribution is -2.12. The number of nitrogens with zero attached hydrogens (tertiary/aromatic N) is 2. The third-order valence-corrected chi connectivity index (χ3v) is 3.10. The van der Waals surface area contributed by atoms with Crippen molar-refractivity contribution in [3.8, 4) is 0 Å². The zero-order chi connectivity index (χ0) is 11.5. The molecule has 2 rings (SSSR count). The first-order valence-electron chi connectivity index (χ1n) is 4.84. The Morgan fingerprint density at radius 2 is 2.44 bits per heavy atom. The molecular weight excluding hydrogens is 224 g/mol. The third-order valence-electron chi connectivity index (χ3n) is 2.37. The number of rotatable bonds is 3. The SMILES string of the molecule is COC(=O)c1cnc(C)n1Cc1ccsc1. The van der Waals surface area contributed by atoms with Crippen LogP contribution in [0.4, 0.5) is 0 Å².